The minimum Gasteiger partial charge on any atom is -0.445 e. The molecule has 2 heterocycles. The molecular formula is C29H34BrFN6O5. The number of carbonyl (C=O) groups is 4. The van der Waals surface area contributed by atoms with E-state index in [1.807, 2.05) is 24.3 Å². The van der Waals surface area contributed by atoms with Crippen LogP contribution in [0.1, 0.15) is 24.0 Å². The van der Waals surface area contributed by atoms with Crippen molar-refractivity contribution in [1.29, 1.82) is 0 Å². The first-order valence-corrected chi connectivity index (χ1v) is 14.4. The van der Waals surface area contributed by atoms with Crippen LogP contribution in [0.3, 0.4) is 0 Å². The van der Waals surface area contributed by atoms with Crippen molar-refractivity contribution in [3.8, 4) is 0 Å². The Labute approximate surface area is 252 Å². The Morgan fingerprint density at radius 2 is 1.90 bits per heavy atom. The molecule has 0 aliphatic carbocycles. The summed E-state index contributed by atoms with van der Waals surface area (Å²) < 4.78 is 19.1. The number of fused-ring (bicyclic) bond motifs is 1. The minimum atomic E-state index is -0.838. The first kappa shape index (κ1) is 31.0. The Bertz CT molecular complexity index is 1310. The zero-order valence-electron chi connectivity index (χ0n) is 23.3. The molecule has 2 aromatic rings. The van der Waals surface area contributed by atoms with E-state index in [4.69, 9.17) is 4.74 Å². The van der Waals surface area contributed by atoms with E-state index < -0.39 is 24.3 Å². The summed E-state index contributed by atoms with van der Waals surface area (Å²) >= 11 is 3.47. The number of benzene rings is 2. The first-order chi connectivity index (χ1) is 20.2. The molecule has 0 saturated carbocycles. The van der Waals surface area contributed by atoms with Crippen molar-refractivity contribution in [2.24, 2.45) is 0 Å². The quantitative estimate of drug-likeness (QED) is 0.303. The summed E-state index contributed by atoms with van der Waals surface area (Å²) in [6.07, 6.45) is 0.768. The zero-order valence-corrected chi connectivity index (χ0v) is 24.9. The molecule has 0 aromatic heterocycles. The lowest BCUT2D eigenvalue weighted by molar-refractivity contribution is -0.188. The van der Waals surface area contributed by atoms with Crippen LogP contribution in [-0.4, -0.2) is 89.3 Å². The molecule has 0 unspecified atom stereocenters. The average Bonchev–Trinajstić information content (AvgIpc) is 2.95. The number of amides is 5. The van der Waals surface area contributed by atoms with Crippen molar-refractivity contribution in [2.75, 3.05) is 33.3 Å². The summed E-state index contributed by atoms with van der Waals surface area (Å²) in [5, 5.41) is 8.49. The van der Waals surface area contributed by atoms with Gasteiger partial charge in [-0.25, -0.2) is 24.0 Å². The van der Waals surface area contributed by atoms with E-state index in [0.717, 1.165) is 10.0 Å². The lowest BCUT2D eigenvalue weighted by atomic mass is 10.0. The maximum atomic E-state index is 13.8. The molecule has 42 heavy (non-hydrogen) atoms. The number of piperazine rings is 1. The number of hydrogen-bond donors (Lipinski definition) is 2. The van der Waals surface area contributed by atoms with Gasteiger partial charge in [0, 0.05) is 31.2 Å². The number of ether oxygens (including phenoxy) is 1. The highest BCUT2D eigenvalue weighted by Gasteiger charge is 2.50. The van der Waals surface area contributed by atoms with Crippen molar-refractivity contribution in [3.63, 3.8) is 0 Å². The molecule has 11 nitrogen and oxygen atoms in total. The van der Waals surface area contributed by atoms with E-state index in [1.54, 1.807) is 29.1 Å². The lowest BCUT2D eigenvalue weighted by Gasteiger charge is -2.54. The van der Waals surface area contributed by atoms with Crippen LogP contribution in [0.4, 0.5) is 14.0 Å². The SMILES string of the molecule is C=CCOC(=O)NCCC[C@H]1C(=O)N(Cc2cccc(Br)c2)C[C@H]2N1C(=O)CN(C)N2C(=O)NCc1ccc(F)cc1. The molecule has 0 spiro atoms. The van der Waals surface area contributed by atoms with E-state index >= 15 is 0 Å². The van der Waals surface area contributed by atoms with Crippen LogP contribution in [0.5, 0.6) is 0 Å². The highest BCUT2D eigenvalue weighted by Crippen LogP contribution is 2.29. The fraction of sp³-hybridized carbons (Fsp3) is 0.379. The van der Waals surface area contributed by atoms with Gasteiger partial charge >= 0.3 is 12.1 Å². The number of nitrogens with zero attached hydrogens (tertiary/aromatic N) is 4. The fourth-order valence-corrected chi connectivity index (χ4v) is 5.56. The number of nitrogens with one attached hydrogen (secondary N) is 2. The lowest BCUT2D eigenvalue weighted by Crippen LogP contribution is -2.75. The van der Waals surface area contributed by atoms with Gasteiger partial charge in [0.2, 0.25) is 11.8 Å². The number of urea groups is 1. The van der Waals surface area contributed by atoms with Crippen LogP contribution in [0, 0.1) is 5.82 Å². The van der Waals surface area contributed by atoms with E-state index in [0.29, 0.717) is 12.0 Å². The number of alkyl carbamates (subject to hydrolysis) is 1. The Kier molecular flexibility index (Phi) is 10.5. The predicted molar refractivity (Wildman–Crippen MR) is 156 cm³/mol. The number of likely N-dealkylation sites (N-methyl/N-ethyl adjacent to an activating group) is 1. The molecule has 2 N–H and O–H groups in total. The van der Waals surface area contributed by atoms with Gasteiger partial charge in [-0.3, -0.25) is 9.59 Å². The molecular weight excluding hydrogens is 611 g/mol. The average molecular weight is 646 g/mol. The largest absolute Gasteiger partial charge is 0.445 e. The summed E-state index contributed by atoms with van der Waals surface area (Å²) in [6.45, 7) is 4.27. The van der Waals surface area contributed by atoms with Crippen LogP contribution in [0.25, 0.3) is 0 Å². The first-order valence-electron chi connectivity index (χ1n) is 13.6. The van der Waals surface area contributed by atoms with Gasteiger partial charge in [0.25, 0.3) is 0 Å². The normalized spacial score (nSPS) is 18.9. The summed E-state index contributed by atoms with van der Waals surface area (Å²) in [7, 11) is 1.65. The summed E-state index contributed by atoms with van der Waals surface area (Å²) in [5.74, 6) is -0.878. The van der Waals surface area contributed by atoms with Crippen molar-refractivity contribution >= 4 is 39.9 Å². The highest BCUT2D eigenvalue weighted by atomic mass is 79.9. The predicted octanol–water partition coefficient (Wildman–Crippen LogP) is 3.22. The molecule has 2 aromatic carbocycles. The molecule has 13 heteroatoms. The molecule has 0 bridgehead atoms. The smallest absolute Gasteiger partial charge is 0.407 e. The molecule has 5 amide bonds. The molecule has 2 saturated heterocycles. The van der Waals surface area contributed by atoms with Gasteiger partial charge in [-0.05, 0) is 48.2 Å². The van der Waals surface area contributed by atoms with Crippen LogP contribution in [0.2, 0.25) is 0 Å². The molecule has 224 valence electrons. The molecule has 4 rings (SSSR count). The van der Waals surface area contributed by atoms with Crippen molar-refractivity contribution in [2.45, 2.75) is 38.1 Å². The van der Waals surface area contributed by atoms with Gasteiger partial charge < -0.3 is 25.2 Å². The fourth-order valence-electron chi connectivity index (χ4n) is 5.11. The van der Waals surface area contributed by atoms with Crippen LogP contribution >= 0.6 is 15.9 Å². The second kappa shape index (κ2) is 14.3. The second-order valence-electron chi connectivity index (χ2n) is 10.0. The zero-order chi connectivity index (χ0) is 30.2. The number of halogens is 2. The summed E-state index contributed by atoms with van der Waals surface area (Å²) in [6, 6.07) is 12.1. The van der Waals surface area contributed by atoms with Crippen LogP contribution in [-0.2, 0) is 27.4 Å². The molecule has 2 aliphatic heterocycles. The Morgan fingerprint density at radius 3 is 2.62 bits per heavy atom. The Morgan fingerprint density at radius 1 is 1.14 bits per heavy atom. The third kappa shape index (κ3) is 7.65. The standard InChI is InChI=1S/C29H34BrFN6O5/c1-3-14-42-29(41)32-13-5-8-24-27(39)35(17-21-6-4-7-22(30)15-21)18-25-36(24)26(38)19-34(2)37(25)28(40)33-16-20-9-11-23(31)12-10-20/h3-4,6-7,9-12,15,24-25H,1,5,8,13-14,16-19H2,2H3,(H,32,41)(H,33,40)/t24-,25-/m0/s1. The Hall–Kier alpha value is -3.97. The van der Waals surface area contributed by atoms with Gasteiger partial charge in [0.05, 0.1) is 13.1 Å². The van der Waals surface area contributed by atoms with E-state index in [9.17, 15) is 23.6 Å². The third-order valence-corrected chi connectivity index (χ3v) is 7.52. The molecule has 2 aliphatic rings. The molecule has 2 atom stereocenters. The highest BCUT2D eigenvalue weighted by molar-refractivity contribution is 9.10. The van der Waals surface area contributed by atoms with Gasteiger partial charge in [0.1, 0.15) is 24.6 Å². The number of hydrazine groups is 1. The van der Waals surface area contributed by atoms with E-state index in [-0.39, 0.29) is 63.4 Å². The number of hydrogen-bond acceptors (Lipinski definition) is 6. The minimum absolute atomic E-state index is 0.0774. The molecule has 2 fully saturated rings. The summed E-state index contributed by atoms with van der Waals surface area (Å²) in [5.41, 5.74) is 1.60. The number of carbonyl (C=O) groups excluding carboxylic acids is 4. The van der Waals surface area contributed by atoms with Gasteiger partial charge in [-0.1, -0.05) is 52.9 Å². The van der Waals surface area contributed by atoms with E-state index in [2.05, 4.69) is 33.1 Å². The van der Waals surface area contributed by atoms with Crippen molar-refractivity contribution in [1.82, 2.24) is 30.5 Å². The maximum Gasteiger partial charge on any atom is 0.407 e. The van der Waals surface area contributed by atoms with Crippen LogP contribution in [0.15, 0.2) is 65.7 Å². The van der Waals surface area contributed by atoms with Crippen molar-refractivity contribution in [3.05, 3.63) is 82.6 Å². The van der Waals surface area contributed by atoms with Crippen molar-refractivity contribution < 1.29 is 28.3 Å². The Balaban J connectivity index is 1.54. The topological polar surface area (TPSA) is 115 Å². The maximum absolute atomic E-state index is 13.8. The second-order valence-corrected chi connectivity index (χ2v) is 11.0. The third-order valence-electron chi connectivity index (χ3n) is 7.02. The number of rotatable bonds is 10. The van der Waals surface area contributed by atoms with Gasteiger partial charge in [-0.15, -0.1) is 0 Å². The van der Waals surface area contributed by atoms with Gasteiger partial charge in [-0.2, -0.15) is 0 Å². The van der Waals surface area contributed by atoms with E-state index in [1.165, 1.54) is 28.1 Å². The van der Waals surface area contributed by atoms with Gasteiger partial charge in [0.15, 0.2) is 0 Å². The summed E-state index contributed by atoms with van der Waals surface area (Å²) in [4.78, 5) is 55.7. The monoisotopic (exact) mass is 644 g/mol. The molecule has 0 radical (unpaired) electrons. The van der Waals surface area contributed by atoms with Crippen LogP contribution < -0.4 is 10.6 Å².